The van der Waals surface area contributed by atoms with E-state index in [2.05, 4.69) is 15.5 Å². The van der Waals surface area contributed by atoms with E-state index in [4.69, 9.17) is 4.42 Å². The Labute approximate surface area is 166 Å². The number of nitrogens with one attached hydrogen (secondary N) is 1. The molecule has 0 amide bonds. The van der Waals surface area contributed by atoms with Crippen LogP contribution in [0.25, 0.3) is 11.5 Å². The highest BCUT2D eigenvalue weighted by Gasteiger charge is 2.38. The fourth-order valence-corrected chi connectivity index (χ4v) is 2.73. The maximum atomic E-state index is 12.6. The average Bonchev–Trinajstić information content (AvgIpc) is 3.22. The van der Waals surface area contributed by atoms with Crippen molar-refractivity contribution in [1.29, 1.82) is 0 Å². The number of anilines is 1. The van der Waals surface area contributed by atoms with Crippen LogP contribution in [0.5, 0.6) is 0 Å². The molecular weight excluding hydrogens is 385 g/mol. The molecule has 1 atom stereocenters. The Hall–Kier alpha value is -2.91. The van der Waals surface area contributed by atoms with E-state index in [1.807, 2.05) is 37.3 Å². The molecule has 1 aromatic heterocycles. The maximum absolute atomic E-state index is 12.6. The van der Waals surface area contributed by atoms with E-state index in [0.717, 1.165) is 17.7 Å². The smallest absolute Gasteiger partial charge is 0.413 e. The van der Waals surface area contributed by atoms with Gasteiger partial charge >= 0.3 is 12.1 Å². The van der Waals surface area contributed by atoms with Crippen molar-refractivity contribution < 1.29 is 22.7 Å². The predicted molar refractivity (Wildman–Crippen MR) is 102 cm³/mol. The van der Waals surface area contributed by atoms with Crippen LogP contribution < -0.4 is 10.2 Å². The van der Waals surface area contributed by atoms with Crippen LogP contribution in [-0.4, -0.2) is 28.2 Å². The Kier molecular flexibility index (Phi) is 6.50. The summed E-state index contributed by atoms with van der Waals surface area (Å²) in [7, 11) is 0. The molecular formula is C20H21F3N4O2. The van der Waals surface area contributed by atoms with Crippen LogP contribution in [0.3, 0.4) is 0 Å². The summed E-state index contributed by atoms with van der Waals surface area (Å²) >= 11 is 0. The summed E-state index contributed by atoms with van der Waals surface area (Å²) in [5, 5.41) is 20.1. The largest absolute Gasteiger partial charge is 0.470 e. The molecule has 0 radical (unpaired) electrons. The summed E-state index contributed by atoms with van der Waals surface area (Å²) in [4.78, 5) is 1.79. The molecule has 9 heteroatoms. The molecule has 1 unspecified atom stereocenters. The summed E-state index contributed by atoms with van der Waals surface area (Å²) in [5.41, 5.74) is 2.07. The Morgan fingerprint density at radius 1 is 1.07 bits per heavy atom. The van der Waals surface area contributed by atoms with Crippen molar-refractivity contribution in [3.8, 4) is 11.5 Å². The van der Waals surface area contributed by atoms with Gasteiger partial charge in [-0.05, 0) is 42.8 Å². The molecule has 0 spiro atoms. The molecule has 2 aromatic carbocycles. The summed E-state index contributed by atoms with van der Waals surface area (Å²) in [6, 6.07) is 16.1. The Balaban J connectivity index is 1.77. The van der Waals surface area contributed by atoms with E-state index >= 15 is 0 Å². The zero-order valence-corrected chi connectivity index (χ0v) is 15.7. The molecule has 3 rings (SSSR count). The Bertz CT molecular complexity index is 898. The quantitative estimate of drug-likeness (QED) is 0.550. The van der Waals surface area contributed by atoms with Crippen LogP contribution in [0, 0.1) is 0 Å². The van der Waals surface area contributed by atoms with Crippen molar-refractivity contribution in [3.63, 3.8) is 0 Å². The van der Waals surface area contributed by atoms with Gasteiger partial charge in [-0.1, -0.05) is 37.3 Å². The van der Waals surface area contributed by atoms with Gasteiger partial charge in [0.1, 0.15) is 0 Å². The lowest BCUT2D eigenvalue weighted by Crippen LogP contribution is -2.45. The third-order valence-corrected chi connectivity index (χ3v) is 4.18. The minimum absolute atomic E-state index is 0.201. The first-order valence-electron chi connectivity index (χ1n) is 9.11. The molecule has 2 N–H and O–H groups in total. The molecule has 0 saturated heterocycles. The summed E-state index contributed by atoms with van der Waals surface area (Å²) < 4.78 is 42.6. The lowest BCUT2D eigenvalue weighted by Gasteiger charge is -2.30. The Morgan fingerprint density at radius 3 is 2.34 bits per heavy atom. The van der Waals surface area contributed by atoms with Crippen LogP contribution in [-0.2, 0) is 12.7 Å². The number of aliphatic hydroxyl groups is 1. The van der Waals surface area contributed by atoms with Gasteiger partial charge in [-0.3, -0.25) is 5.32 Å². The van der Waals surface area contributed by atoms with Crippen LogP contribution >= 0.6 is 0 Å². The number of aromatic nitrogens is 2. The molecule has 6 nitrogen and oxygen atoms in total. The van der Waals surface area contributed by atoms with E-state index in [1.165, 1.54) is 0 Å². The zero-order chi connectivity index (χ0) is 20.9. The summed E-state index contributed by atoms with van der Waals surface area (Å²) in [6.45, 7) is 3.05. The lowest BCUT2D eigenvalue weighted by molar-refractivity contribution is -0.156. The standard InChI is InChI=1S/C20H21F3N4O2/c1-2-12-24-19(28)27(16-6-4-3-5-7-16)13-14-8-10-15(11-9-14)17-25-26-18(29-17)20(21,22)23/h3-11,19,24,28H,2,12-13H2,1H3. The van der Waals surface area contributed by atoms with Crippen LogP contribution in [0.4, 0.5) is 18.9 Å². The first-order valence-corrected chi connectivity index (χ1v) is 9.11. The SMILES string of the molecule is CCCNC(O)N(Cc1ccc(-c2nnc(C(F)(F)F)o2)cc1)c1ccccc1. The number of halogens is 3. The van der Waals surface area contributed by atoms with Crippen molar-refractivity contribution in [1.82, 2.24) is 15.5 Å². The number of alkyl halides is 3. The summed E-state index contributed by atoms with van der Waals surface area (Å²) in [6.07, 6.45) is -4.69. The fraction of sp³-hybridized carbons (Fsp3) is 0.300. The minimum Gasteiger partial charge on any atom is -0.413 e. The number of rotatable bonds is 8. The predicted octanol–water partition coefficient (Wildman–Crippen LogP) is 4.04. The second kappa shape index (κ2) is 9.06. The molecule has 0 bridgehead atoms. The molecule has 0 saturated carbocycles. The highest BCUT2D eigenvalue weighted by atomic mass is 19.4. The molecule has 154 valence electrons. The highest BCUT2D eigenvalue weighted by molar-refractivity contribution is 5.54. The van der Waals surface area contributed by atoms with Crippen molar-refractivity contribution in [2.24, 2.45) is 0 Å². The van der Waals surface area contributed by atoms with Crippen molar-refractivity contribution in [2.75, 3.05) is 11.4 Å². The molecule has 1 heterocycles. The van der Waals surface area contributed by atoms with Crippen LogP contribution in [0.2, 0.25) is 0 Å². The van der Waals surface area contributed by atoms with Crippen molar-refractivity contribution in [2.45, 2.75) is 32.4 Å². The number of para-hydroxylation sites is 1. The second-order valence-corrected chi connectivity index (χ2v) is 6.40. The fourth-order valence-electron chi connectivity index (χ4n) is 2.73. The third-order valence-electron chi connectivity index (χ3n) is 4.18. The lowest BCUT2D eigenvalue weighted by atomic mass is 10.1. The molecule has 3 aromatic rings. The van der Waals surface area contributed by atoms with E-state index in [-0.39, 0.29) is 5.89 Å². The topological polar surface area (TPSA) is 74.4 Å². The molecule has 0 aliphatic rings. The molecule has 0 aliphatic carbocycles. The maximum Gasteiger partial charge on any atom is 0.470 e. The average molecular weight is 406 g/mol. The van der Waals surface area contributed by atoms with Gasteiger partial charge < -0.3 is 14.4 Å². The van der Waals surface area contributed by atoms with Gasteiger partial charge in [0, 0.05) is 17.8 Å². The van der Waals surface area contributed by atoms with Gasteiger partial charge in [0.15, 0.2) is 6.35 Å². The van der Waals surface area contributed by atoms with E-state index in [9.17, 15) is 18.3 Å². The van der Waals surface area contributed by atoms with Crippen LogP contribution in [0.1, 0.15) is 24.8 Å². The third kappa shape index (κ3) is 5.33. The molecule has 0 fully saturated rings. The van der Waals surface area contributed by atoms with Gasteiger partial charge in [-0.25, -0.2) is 0 Å². The number of hydrogen-bond donors (Lipinski definition) is 2. The number of benzene rings is 2. The minimum atomic E-state index is -4.68. The van der Waals surface area contributed by atoms with Crippen molar-refractivity contribution >= 4 is 5.69 Å². The zero-order valence-electron chi connectivity index (χ0n) is 15.7. The first-order chi connectivity index (χ1) is 13.9. The second-order valence-electron chi connectivity index (χ2n) is 6.40. The number of nitrogens with zero attached hydrogens (tertiary/aromatic N) is 3. The normalized spacial score (nSPS) is 12.7. The number of hydrogen-bond acceptors (Lipinski definition) is 6. The van der Waals surface area contributed by atoms with Gasteiger partial charge in [-0.2, -0.15) is 13.2 Å². The van der Waals surface area contributed by atoms with E-state index in [0.29, 0.717) is 18.7 Å². The molecule has 0 aliphatic heterocycles. The van der Waals surface area contributed by atoms with E-state index in [1.54, 1.807) is 29.2 Å². The number of aliphatic hydroxyl groups excluding tert-OH is 1. The van der Waals surface area contributed by atoms with Gasteiger partial charge in [0.2, 0.25) is 5.89 Å². The highest BCUT2D eigenvalue weighted by Crippen LogP contribution is 2.30. The monoisotopic (exact) mass is 406 g/mol. The van der Waals surface area contributed by atoms with Gasteiger partial charge in [-0.15, -0.1) is 10.2 Å². The van der Waals surface area contributed by atoms with Crippen molar-refractivity contribution in [3.05, 3.63) is 66.1 Å². The molecule has 29 heavy (non-hydrogen) atoms. The van der Waals surface area contributed by atoms with Gasteiger partial charge in [0.05, 0.1) is 0 Å². The summed E-state index contributed by atoms with van der Waals surface area (Å²) in [5.74, 6) is -1.58. The van der Waals surface area contributed by atoms with E-state index < -0.39 is 18.4 Å². The Morgan fingerprint density at radius 2 is 1.76 bits per heavy atom. The van der Waals surface area contributed by atoms with Crippen LogP contribution in [0.15, 0.2) is 59.0 Å². The first kappa shape index (κ1) is 20.8. The van der Waals surface area contributed by atoms with Gasteiger partial charge in [0.25, 0.3) is 0 Å².